The second-order valence-corrected chi connectivity index (χ2v) is 7.01. The molecule has 0 spiro atoms. The Morgan fingerprint density at radius 1 is 1.10 bits per heavy atom. The summed E-state index contributed by atoms with van der Waals surface area (Å²) in [6.07, 6.45) is 8.84. The Labute approximate surface area is 167 Å². The normalized spacial score (nSPS) is 18.9. The van der Waals surface area contributed by atoms with Crippen LogP contribution in [0, 0.1) is 0 Å². The number of anilines is 3. The van der Waals surface area contributed by atoms with Gasteiger partial charge in [-0.05, 0) is 37.1 Å². The smallest absolute Gasteiger partial charge is 0.254 e. The van der Waals surface area contributed by atoms with Crippen molar-refractivity contribution in [3.63, 3.8) is 0 Å². The van der Waals surface area contributed by atoms with E-state index in [0.717, 1.165) is 37.1 Å². The highest BCUT2D eigenvalue weighted by molar-refractivity contribution is 5.98. The molecule has 0 bridgehead atoms. The van der Waals surface area contributed by atoms with Gasteiger partial charge in [0.05, 0.1) is 18.1 Å². The van der Waals surface area contributed by atoms with E-state index in [1.807, 2.05) is 24.3 Å². The van der Waals surface area contributed by atoms with Crippen LogP contribution >= 0.6 is 0 Å². The Morgan fingerprint density at radius 2 is 1.83 bits per heavy atom. The number of amides is 1. The molecule has 6 N–H and O–H groups in total. The van der Waals surface area contributed by atoms with Crippen molar-refractivity contribution in [2.24, 2.45) is 11.5 Å². The Morgan fingerprint density at radius 3 is 2.52 bits per heavy atom. The van der Waals surface area contributed by atoms with Crippen LogP contribution in [-0.2, 0) is 0 Å². The molecule has 10 nitrogen and oxygen atoms in total. The molecule has 2 unspecified atom stereocenters. The monoisotopic (exact) mass is 393 g/mol. The maximum atomic E-state index is 11.8. The highest BCUT2D eigenvalue weighted by Crippen LogP contribution is 2.23. The van der Waals surface area contributed by atoms with Crippen molar-refractivity contribution in [2.75, 3.05) is 10.6 Å². The third kappa shape index (κ3) is 4.32. The van der Waals surface area contributed by atoms with Gasteiger partial charge >= 0.3 is 0 Å². The SMILES string of the molecule is NC(=O)c1cnc(NC2CCCCC2N)nc1Nc1ccc(-n2nccn2)cc1. The number of rotatable bonds is 6. The predicted molar refractivity (Wildman–Crippen MR) is 109 cm³/mol. The summed E-state index contributed by atoms with van der Waals surface area (Å²) in [7, 11) is 0. The fourth-order valence-electron chi connectivity index (χ4n) is 3.40. The minimum atomic E-state index is -0.606. The number of benzene rings is 1. The highest BCUT2D eigenvalue weighted by Gasteiger charge is 2.23. The quantitative estimate of drug-likeness (QED) is 0.493. The molecule has 1 aliphatic carbocycles. The summed E-state index contributed by atoms with van der Waals surface area (Å²) >= 11 is 0. The summed E-state index contributed by atoms with van der Waals surface area (Å²) in [5.74, 6) is 0.146. The molecule has 10 heteroatoms. The maximum absolute atomic E-state index is 11.8. The number of carbonyl (C=O) groups is 1. The molecule has 0 radical (unpaired) electrons. The molecule has 2 heterocycles. The summed E-state index contributed by atoms with van der Waals surface area (Å²) in [5, 5.41) is 14.6. The van der Waals surface area contributed by atoms with Crippen molar-refractivity contribution < 1.29 is 4.79 Å². The summed E-state index contributed by atoms with van der Waals surface area (Å²) in [6, 6.07) is 7.56. The van der Waals surface area contributed by atoms with Gasteiger partial charge in [0.1, 0.15) is 11.4 Å². The van der Waals surface area contributed by atoms with Crippen molar-refractivity contribution in [1.29, 1.82) is 0 Å². The number of nitrogens with one attached hydrogen (secondary N) is 2. The zero-order chi connectivity index (χ0) is 20.2. The van der Waals surface area contributed by atoms with Gasteiger partial charge in [-0.3, -0.25) is 4.79 Å². The standard InChI is InChI=1S/C19H23N9O/c20-15-3-1-2-4-16(15)26-19-22-11-14(17(21)29)18(27-19)25-12-5-7-13(8-6-12)28-23-9-10-24-28/h5-11,15-16H,1-4,20H2,(H2,21,29)(H2,22,25,26,27). The molecular weight excluding hydrogens is 370 g/mol. The van der Waals surface area contributed by atoms with E-state index >= 15 is 0 Å². The number of hydrogen-bond acceptors (Lipinski definition) is 8. The van der Waals surface area contributed by atoms with Crippen molar-refractivity contribution >= 4 is 23.4 Å². The van der Waals surface area contributed by atoms with Crippen molar-refractivity contribution in [3.8, 4) is 5.69 Å². The number of hydrogen-bond donors (Lipinski definition) is 4. The van der Waals surface area contributed by atoms with E-state index in [2.05, 4.69) is 30.8 Å². The number of carbonyl (C=O) groups excluding carboxylic acids is 1. The van der Waals surface area contributed by atoms with E-state index in [0.29, 0.717) is 11.8 Å². The Bertz CT molecular complexity index is 972. The van der Waals surface area contributed by atoms with Gasteiger partial charge in [0.25, 0.3) is 5.91 Å². The van der Waals surface area contributed by atoms with Gasteiger partial charge in [0.2, 0.25) is 5.95 Å². The fraction of sp³-hybridized carbons (Fsp3) is 0.316. The Balaban J connectivity index is 1.55. The molecule has 1 saturated carbocycles. The number of aromatic nitrogens is 5. The first kappa shape index (κ1) is 18.8. The molecule has 29 heavy (non-hydrogen) atoms. The van der Waals surface area contributed by atoms with Gasteiger partial charge in [0, 0.05) is 24.0 Å². The van der Waals surface area contributed by atoms with Crippen LogP contribution in [0.25, 0.3) is 5.69 Å². The fourth-order valence-corrected chi connectivity index (χ4v) is 3.40. The van der Waals surface area contributed by atoms with Crippen molar-refractivity contribution in [2.45, 2.75) is 37.8 Å². The molecule has 0 saturated heterocycles. The van der Waals surface area contributed by atoms with Crippen molar-refractivity contribution in [3.05, 3.63) is 48.4 Å². The third-order valence-electron chi connectivity index (χ3n) is 4.97. The largest absolute Gasteiger partial charge is 0.365 e. The molecule has 2 aromatic heterocycles. The lowest BCUT2D eigenvalue weighted by molar-refractivity contribution is 0.100. The van der Waals surface area contributed by atoms with E-state index in [9.17, 15) is 4.79 Å². The van der Waals surface area contributed by atoms with Crippen LogP contribution in [0.1, 0.15) is 36.0 Å². The number of nitrogens with two attached hydrogens (primary N) is 2. The molecule has 3 aromatic rings. The zero-order valence-electron chi connectivity index (χ0n) is 15.8. The first-order valence-corrected chi connectivity index (χ1v) is 9.53. The lowest BCUT2D eigenvalue weighted by atomic mass is 9.91. The predicted octanol–water partition coefficient (Wildman–Crippen LogP) is 1.58. The average Bonchev–Trinajstić information content (AvgIpc) is 3.25. The first-order chi connectivity index (χ1) is 14.1. The average molecular weight is 393 g/mol. The second-order valence-electron chi connectivity index (χ2n) is 7.01. The summed E-state index contributed by atoms with van der Waals surface area (Å²) < 4.78 is 0. The summed E-state index contributed by atoms with van der Waals surface area (Å²) in [5.41, 5.74) is 13.5. The van der Waals surface area contributed by atoms with Crippen LogP contribution in [0.3, 0.4) is 0 Å². The van der Waals surface area contributed by atoms with E-state index in [-0.39, 0.29) is 17.6 Å². The molecule has 1 amide bonds. The Hall–Kier alpha value is -3.53. The minimum absolute atomic E-state index is 0.0584. The molecule has 150 valence electrons. The van der Waals surface area contributed by atoms with Gasteiger partial charge in [-0.15, -0.1) is 0 Å². The van der Waals surface area contributed by atoms with E-state index in [1.165, 1.54) is 11.0 Å². The lowest BCUT2D eigenvalue weighted by Crippen LogP contribution is -2.43. The van der Waals surface area contributed by atoms with Crippen LogP contribution in [0.2, 0.25) is 0 Å². The topological polar surface area (TPSA) is 150 Å². The van der Waals surface area contributed by atoms with Gasteiger partial charge in [0.15, 0.2) is 0 Å². The Kier molecular flexibility index (Phi) is 5.34. The van der Waals surface area contributed by atoms with Crippen LogP contribution in [-0.4, -0.2) is 43.0 Å². The molecule has 1 aromatic carbocycles. The summed E-state index contributed by atoms with van der Waals surface area (Å²) in [4.78, 5) is 22.0. The van der Waals surface area contributed by atoms with Crippen molar-refractivity contribution in [1.82, 2.24) is 25.0 Å². The zero-order valence-corrected chi connectivity index (χ0v) is 15.8. The summed E-state index contributed by atoms with van der Waals surface area (Å²) in [6.45, 7) is 0. The maximum Gasteiger partial charge on any atom is 0.254 e. The molecule has 2 atom stereocenters. The third-order valence-corrected chi connectivity index (χ3v) is 4.97. The van der Waals surface area contributed by atoms with Crippen LogP contribution < -0.4 is 22.1 Å². The lowest BCUT2D eigenvalue weighted by Gasteiger charge is -2.29. The van der Waals surface area contributed by atoms with Gasteiger partial charge in [-0.25, -0.2) is 4.98 Å². The van der Waals surface area contributed by atoms with E-state index in [4.69, 9.17) is 11.5 Å². The first-order valence-electron chi connectivity index (χ1n) is 9.53. The molecule has 0 aliphatic heterocycles. The molecular formula is C19H23N9O. The van der Waals surface area contributed by atoms with Gasteiger partial charge in [-0.1, -0.05) is 12.8 Å². The van der Waals surface area contributed by atoms with E-state index in [1.54, 1.807) is 12.4 Å². The van der Waals surface area contributed by atoms with Gasteiger partial charge < -0.3 is 22.1 Å². The molecule has 4 rings (SSSR count). The highest BCUT2D eigenvalue weighted by atomic mass is 16.1. The minimum Gasteiger partial charge on any atom is -0.365 e. The van der Waals surface area contributed by atoms with Crippen LogP contribution in [0.5, 0.6) is 0 Å². The number of primary amides is 1. The second kappa shape index (κ2) is 8.23. The molecule has 1 fully saturated rings. The van der Waals surface area contributed by atoms with Gasteiger partial charge in [-0.2, -0.15) is 20.0 Å². The van der Waals surface area contributed by atoms with Crippen LogP contribution in [0.4, 0.5) is 17.5 Å². The van der Waals surface area contributed by atoms with E-state index < -0.39 is 5.91 Å². The van der Waals surface area contributed by atoms with Crippen LogP contribution in [0.15, 0.2) is 42.9 Å². The number of nitrogens with zero attached hydrogens (tertiary/aromatic N) is 5. The molecule has 1 aliphatic rings.